The minimum atomic E-state index is -4.77. The molecule has 3 atom stereocenters. The monoisotopic (exact) mass is 297 g/mol. The molecule has 1 saturated carbocycles. The molecule has 2 fully saturated rings. The van der Waals surface area contributed by atoms with E-state index in [1.807, 2.05) is 6.07 Å². The zero-order chi connectivity index (χ0) is 14.5. The number of fused-ring (bicyclic) bond motifs is 1. The van der Waals surface area contributed by atoms with E-state index in [4.69, 9.17) is 0 Å². The molecule has 3 unspecified atom stereocenters. The first-order valence-electron chi connectivity index (χ1n) is 6.22. The molecular weight excluding hydrogens is 285 g/mol. The first kappa shape index (κ1) is 13.2. The van der Waals surface area contributed by atoms with Crippen LogP contribution in [-0.4, -0.2) is 30.4 Å². The van der Waals surface area contributed by atoms with Gasteiger partial charge in [0.2, 0.25) is 11.8 Å². The molecule has 2 amide bonds. The Balaban J connectivity index is 1.82. The number of likely N-dealkylation sites (tertiary alicyclic amines) is 1. The van der Waals surface area contributed by atoms with Crippen LogP contribution in [-0.2, 0) is 26.4 Å². The Bertz CT molecular complexity index is 673. The number of carbonyl (C=O) groups is 2. The van der Waals surface area contributed by atoms with Gasteiger partial charge in [-0.1, -0.05) is 30.3 Å². The molecular formula is C13H12FNO4S. The lowest BCUT2D eigenvalue weighted by molar-refractivity contribution is -0.140. The molecule has 0 N–H and O–H groups in total. The number of benzene rings is 1. The number of rotatable bonds is 3. The topological polar surface area (TPSA) is 71.5 Å². The predicted octanol–water partition coefficient (Wildman–Crippen LogP) is 0.859. The first-order valence-corrected chi connectivity index (χ1v) is 7.67. The third kappa shape index (κ3) is 1.93. The zero-order valence-corrected chi connectivity index (χ0v) is 11.2. The van der Waals surface area contributed by atoms with Crippen LogP contribution >= 0.6 is 0 Å². The second-order valence-corrected chi connectivity index (χ2v) is 6.69. The minimum Gasteiger partial charge on any atom is -0.278 e. The number of halogens is 1. The summed E-state index contributed by atoms with van der Waals surface area (Å²) in [7, 11) is -4.77. The summed E-state index contributed by atoms with van der Waals surface area (Å²) >= 11 is 0. The number of hydrogen-bond acceptors (Lipinski definition) is 4. The summed E-state index contributed by atoms with van der Waals surface area (Å²) in [4.78, 5) is 25.2. The van der Waals surface area contributed by atoms with Gasteiger partial charge < -0.3 is 0 Å². The third-order valence-electron chi connectivity index (χ3n) is 4.00. The number of carbonyl (C=O) groups excluding carboxylic acids is 2. The van der Waals surface area contributed by atoms with Gasteiger partial charge in [0.1, 0.15) is 5.25 Å². The average molecular weight is 297 g/mol. The van der Waals surface area contributed by atoms with Crippen LogP contribution in [0.1, 0.15) is 12.0 Å². The molecule has 20 heavy (non-hydrogen) atoms. The van der Waals surface area contributed by atoms with Crippen LogP contribution in [0.5, 0.6) is 0 Å². The molecule has 1 aromatic rings. The highest BCUT2D eigenvalue weighted by molar-refractivity contribution is 7.87. The highest BCUT2D eigenvalue weighted by Crippen LogP contribution is 2.47. The van der Waals surface area contributed by atoms with Crippen molar-refractivity contribution >= 4 is 22.0 Å². The van der Waals surface area contributed by atoms with Crippen LogP contribution in [0, 0.1) is 11.8 Å². The average Bonchev–Trinajstić information content (AvgIpc) is 2.48. The zero-order valence-electron chi connectivity index (χ0n) is 10.4. The molecule has 1 aliphatic carbocycles. The van der Waals surface area contributed by atoms with Gasteiger partial charge in [-0.3, -0.25) is 14.5 Å². The summed E-state index contributed by atoms with van der Waals surface area (Å²) < 4.78 is 34.9. The van der Waals surface area contributed by atoms with Crippen LogP contribution < -0.4 is 0 Å². The van der Waals surface area contributed by atoms with Crippen molar-refractivity contribution in [1.29, 1.82) is 0 Å². The van der Waals surface area contributed by atoms with Crippen LogP contribution in [0.4, 0.5) is 3.89 Å². The Morgan fingerprint density at radius 1 is 1.15 bits per heavy atom. The SMILES string of the molecule is O=C1C2CC(S(=O)(=O)F)C2C(=O)N1Cc1ccccc1. The number of imide groups is 1. The normalized spacial score (nSPS) is 29.2. The molecule has 106 valence electrons. The lowest BCUT2D eigenvalue weighted by Gasteiger charge is -2.32. The lowest BCUT2D eigenvalue weighted by atomic mass is 9.75. The molecule has 3 rings (SSSR count). The van der Waals surface area contributed by atoms with Crippen molar-refractivity contribution < 1.29 is 21.9 Å². The molecule has 0 aromatic heterocycles. The quantitative estimate of drug-likeness (QED) is 0.613. The van der Waals surface area contributed by atoms with Crippen molar-refractivity contribution in [2.24, 2.45) is 11.8 Å². The fraction of sp³-hybridized carbons (Fsp3) is 0.385. The molecule has 1 saturated heterocycles. The third-order valence-corrected chi connectivity index (χ3v) is 5.21. The van der Waals surface area contributed by atoms with Crippen LogP contribution in [0.15, 0.2) is 30.3 Å². The van der Waals surface area contributed by atoms with E-state index in [0.717, 1.165) is 10.5 Å². The molecule has 0 bridgehead atoms. The summed E-state index contributed by atoms with van der Waals surface area (Å²) in [6.07, 6.45) is -0.0979. The van der Waals surface area contributed by atoms with Crippen molar-refractivity contribution in [3.8, 4) is 0 Å². The van der Waals surface area contributed by atoms with Gasteiger partial charge in [0, 0.05) is 0 Å². The van der Waals surface area contributed by atoms with E-state index >= 15 is 0 Å². The first-order chi connectivity index (χ1) is 9.39. The van der Waals surface area contributed by atoms with E-state index in [1.54, 1.807) is 24.3 Å². The van der Waals surface area contributed by atoms with Crippen molar-refractivity contribution in [1.82, 2.24) is 4.90 Å². The fourth-order valence-electron chi connectivity index (χ4n) is 2.89. The Kier molecular flexibility index (Phi) is 2.89. The Hall–Kier alpha value is -1.76. The van der Waals surface area contributed by atoms with E-state index in [2.05, 4.69) is 0 Å². The molecule has 2 aliphatic rings. The maximum atomic E-state index is 13.0. The van der Waals surface area contributed by atoms with Gasteiger partial charge in [0.05, 0.1) is 18.4 Å². The Labute approximate surface area is 115 Å². The van der Waals surface area contributed by atoms with Gasteiger partial charge in [0.15, 0.2) is 0 Å². The largest absolute Gasteiger partial charge is 0.306 e. The van der Waals surface area contributed by atoms with E-state index in [-0.39, 0.29) is 13.0 Å². The van der Waals surface area contributed by atoms with E-state index in [9.17, 15) is 21.9 Å². The van der Waals surface area contributed by atoms with E-state index in [0.29, 0.717) is 0 Å². The Morgan fingerprint density at radius 3 is 2.40 bits per heavy atom. The second kappa shape index (κ2) is 4.37. The summed E-state index contributed by atoms with van der Waals surface area (Å²) in [5.74, 6) is -2.70. The van der Waals surface area contributed by atoms with Crippen molar-refractivity contribution in [2.45, 2.75) is 18.2 Å². The summed E-state index contributed by atoms with van der Waals surface area (Å²) in [5.41, 5.74) is 0.773. The van der Waals surface area contributed by atoms with Gasteiger partial charge in [-0.05, 0) is 12.0 Å². The van der Waals surface area contributed by atoms with Gasteiger partial charge in [-0.2, -0.15) is 8.42 Å². The summed E-state index contributed by atoms with van der Waals surface area (Å²) in [6.45, 7) is 0.102. The van der Waals surface area contributed by atoms with Crippen molar-refractivity contribution in [2.75, 3.05) is 0 Å². The Morgan fingerprint density at radius 2 is 1.80 bits per heavy atom. The van der Waals surface area contributed by atoms with Gasteiger partial charge in [-0.15, -0.1) is 3.89 Å². The molecule has 7 heteroatoms. The van der Waals surface area contributed by atoms with Crippen LogP contribution in [0.3, 0.4) is 0 Å². The highest BCUT2D eigenvalue weighted by atomic mass is 32.3. The standard InChI is InChI=1S/C13H12FNO4S/c14-20(18,19)10-6-9-11(10)13(17)15(12(9)16)7-8-4-2-1-3-5-8/h1-5,9-11H,6-7H2. The minimum absolute atomic E-state index is 0.0979. The fourth-order valence-corrected chi connectivity index (χ4v) is 3.99. The van der Waals surface area contributed by atoms with Crippen molar-refractivity contribution in [3.63, 3.8) is 0 Å². The molecule has 0 spiro atoms. The van der Waals surface area contributed by atoms with Crippen LogP contribution in [0.2, 0.25) is 0 Å². The molecule has 1 aromatic carbocycles. The van der Waals surface area contributed by atoms with Gasteiger partial charge in [-0.25, -0.2) is 0 Å². The van der Waals surface area contributed by atoms with E-state index in [1.165, 1.54) is 0 Å². The highest BCUT2D eigenvalue weighted by Gasteiger charge is 2.62. The van der Waals surface area contributed by atoms with Gasteiger partial charge >= 0.3 is 10.2 Å². The van der Waals surface area contributed by atoms with E-state index < -0.39 is 39.1 Å². The summed E-state index contributed by atoms with van der Waals surface area (Å²) in [6, 6.07) is 8.91. The summed E-state index contributed by atoms with van der Waals surface area (Å²) in [5, 5.41) is -1.36. The molecule has 0 radical (unpaired) electrons. The molecule has 5 nitrogen and oxygen atoms in total. The number of hydrogen-bond donors (Lipinski definition) is 0. The van der Waals surface area contributed by atoms with Crippen molar-refractivity contribution in [3.05, 3.63) is 35.9 Å². The maximum absolute atomic E-state index is 13.0. The van der Waals surface area contributed by atoms with Crippen LogP contribution in [0.25, 0.3) is 0 Å². The maximum Gasteiger partial charge on any atom is 0.306 e. The smallest absolute Gasteiger partial charge is 0.278 e. The molecule has 1 aliphatic heterocycles. The number of nitrogens with zero attached hydrogens (tertiary/aromatic N) is 1. The predicted molar refractivity (Wildman–Crippen MR) is 67.4 cm³/mol. The number of amides is 2. The molecule has 1 heterocycles. The van der Waals surface area contributed by atoms with Gasteiger partial charge in [0.25, 0.3) is 0 Å². The second-order valence-electron chi connectivity index (χ2n) is 5.13. The lowest BCUT2D eigenvalue weighted by Crippen LogP contribution is -2.46.